The van der Waals surface area contributed by atoms with E-state index >= 15 is 0 Å². The number of hydrogen-bond donors (Lipinski definition) is 2. The third-order valence-electron chi connectivity index (χ3n) is 5.29. The van der Waals surface area contributed by atoms with Crippen molar-refractivity contribution < 1.29 is 29.0 Å². The molecule has 1 aliphatic rings. The molecule has 1 amide bonds. The van der Waals surface area contributed by atoms with Crippen LogP contribution in [0.3, 0.4) is 0 Å². The van der Waals surface area contributed by atoms with Gasteiger partial charge < -0.3 is 15.2 Å². The van der Waals surface area contributed by atoms with E-state index in [1.807, 2.05) is 0 Å². The minimum Gasteiger partial charge on any atom is -0.508 e. The van der Waals surface area contributed by atoms with E-state index in [0.29, 0.717) is 22.4 Å². The van der Waals surface area contributed by atoms with E-state index in [1.54, 1.807) is 37.3 Å². The summed E-state index contributed by atoms with van der Waals surface area (Å²) in [7, 11) is 0. The van der Waals surface area contributed by atoms with Crippen LogP contribution in [0.1, 0.15) is 54.7 Å². The van der Waals surface area contributed by atoms with Gasteiger partial charge in [-0.2, -0.15) is 0 Å². The van der Waals surface area contributed by atoms with Gasteiger partial charge in [-0.3, -0.25) is 14.4 Å². The van der Waals surface area contributed by atoms with Crippen molar-refractivity contribution in [2.75, 3.05) is 5.32 Å². The van der Waals surface area contributed by atoms with Crippen LogP contribution in [-0.4, -0.2) is 34.7 Å². The molecule has 160 valence electrons. The standard InChI is InChI=1S/C25H19NO6/c1-13-7-8-15(11-21(13)27)25(31)32-14(2)24(30)26-16-9-10-19-20(12-16)23(29)18-6-4-3-5-17(18)22(19)28/h3-12,14,27H,1-2H3,(H,26,30). The van der Waals surface area contributed by atoms with Gasteiger partial charge in [0.25, 0.3) is 5.91 Å². The Morgan fingerprint density at radius 2 is 1.50 bits per heavy atom. The predicted octanol–water partition coefficient (Wildman–Crippen LogP) is 3.66. The highest BCUT2D eigenvalue weighted by molar-refractivity contribution is 6.28. The van der Waals surface area contributed by atoms with Crippen molar-refractivity contribution in [3.8, 4) is 5.75 Å². The number of phenols is 1. The quantitative estimate of drug-likeness (QED) is 0.479. The molecule has 0 spiro atoms. The molecule has 0 aliphatic heterocycles. The minimum atomic E-state index is -1.14. The van der Waals surface area contributed by atoms with Gasteiger partial charge in [0, 0.05) is 27.9 Å². The summed E-state index contributed by atoms with van der Waals surface area (Å²) in [6.07, 6.45) is -1.14. The summed E-state index contributed by atoms with van der Waals surface area (Å²) in [5, 5.41) is 12.3. The third-order valence-corrected chi connectivity index (χ3v) is 5.29. The largest absolute Gasteiger partial charge is 0.508 e. The maximum Gasteiger partial charge on any atom is 0.339 e. The summed E-state index contributed by atoms with van der Waals surface area (Å²) < 4.78 is 5.18. The number of ether oxygens (including phenoxy) is 1. The van der Waals surface area contributed by atoms with Crippen molar-refractivity contribution in [2.24, 2.45) is 0 Å². The average molecular weight is 429 g/mol. The van der Waals surface area contributed by atoms with E-state index in [-0.39, 0.29) is 34.0 Å². The Balaban J connectivity index is 1.49. The maximum atomic E-state index is 12.8. The first kappa shape index (κ1) is 21.0. The van der Waals surface area contributed by atoms with Crippen molar-refractivity contribution in [1.29, 1.82) is 0 Å². The average Bonchev–Trinajstić information content (AvgIpc) is 2.79. The molecule has 3 aromatic carbocycles. The van der Waals surface area contributed by atoms with Crippen LogP contribution >= 0.6 is 0 Å². The molecular weight excluding hydrogens is 410 g/mol. The van der Waals surface area contributed by atoms with Crippen LogP contribution in [0.2, 0.25) is 0 Å². The van der Waals surface area contributed by atoms with Gasteiger partial charge in [0.15, 0.2) is 17.7 Å². The minimum absolute atomic E-state index is 0.0496. The number of esters is 1. The van der Waals surface area contributed by atoms with Crippen LogP contribution in [0.15, 0.2) is 60.7 Å². The second-order valence-corrected chi connectivity index (χ2v) is 7.50. The number of nitrogens with one attached hydrogen (secondary N) is 1. The molecule has 3 aromatic rings. The number of benzene rings is 3. The van der Waals surface area contributed by atoms with Crippen molar-refractivity contribution in [3.63, 3.8) is 0 Å². The number of ketones is 2. The first-order valence-electron chi connectivity index (χ1n) is 9.90. The predicted molar refractivity (Wildman–Crippen MR) is 116 cm³/mol. The molecule has 4 rings (SSSR count). The molecule has 0 saturated heterocycles. The number of amides is 1. The van der Waals surface area contributed by atoms with E-state index in [4.69, 9.17) is 4.74 Å². The second-order valence-electron chi connectivity index (χ2n) is 7.50. The topological polar surface area (TPSA) is 110 Å². The monoisotopic (exact) mass is 429 g/mol. The Labute approximate surface area is 183 Å². The maximum absolute atomic E-state index is 12.8. The Hall–Kier alpha value is -4.26. The van der Waals surface area contributed by atoms with Crippen LogP contribution in [0, 0.1) is 6.92 Å². The summed E-state index contributed by atoms with van der Waals surface area (Å²) in [4.78, 5) is 50.3. The Kier molecular flexibility index (Phi) is 5.32. The summed E-state index contributed by atoms with van der Waals surface area (Å²) in [5.41, 5.74) is 2.16. The molecule has 0 saturated carbocycles. The van der Waals surface area contributed by atoms with E-state index in [1.165, 1.54) is 37.3 Å². The fourth-order valence-electron chi connectivity index (χ4n) is 3.44. The van der Waals surface area contributed by atoms with E-state index < -0.39 is 18.0 Å². The van der Waals surface area contributed by atoms with Crippen LogP contribution in [0.4, 0.5) is 5.69 Å². The van der Waals surface area contributed by atoms with Crippen LogP contribution in [-0.2, 0) is 9.53 Å². The van der Waals surface area contributed by atoms with Crippen LogP contribution in [0.25, 0.3) is 0 Å². The highest BCUT2D eigenvalue weighted by Crippen LogP contribution is 2.29. The number of phenolic OH excluding ortho intramolecular Hbond substituents is 1. The highest BCUT2D eigenvalue weighted by atomic mass is 16.5. The normalized spacial score (nSPS) is 13.1. The number of carbonyl (C=O) groups is 4. The lowest BCUT2D eigenvalue weighted by Crippen LogP contribution is -2.30. The smallest absolute Gasteiger partial charge is 0.339 e. The number of aromatic hydroxyl groups is 1. The molecule has 1 unspecified atom stereocenters. The Bertz CT molecular complexity index is 1290. The van der Waals surface area contributed by atoms with Gasteiger partial charge in [-0.25, -0.2) is 4.79 Å². The van der Waals surface area contributed by atoms with Crippen molar-refractivity contribution in [1.82, 2.24) is 0 Å². The number of carbonyl (C=O) groups excluding carboxylic acids is 4. The van der Waals surface area contributed by atoms with E-state index in [0.717, 1.165) is 0 Å². The summed E-state index contributed by atoms with van der Waals surface area (Å²) in [6.45, 7) is 3.10. The second kappa shape index (κ2) is 8.11. The van der Waals surface area contributed by atoms with Gasteiger partial charge >= 0.3 is 5.97 Å². The first-order chi connectivity index (χ1) is 15.3. The molecular formula is C25H19NO6. The highest BCUT2D eigenvalue weighted by Gasteiger charge is 2.29. The zero-order valence-corrected chi connectivity index (χ0v) is 17.3. The zero-order chi connectivity index (χ0) is 23.0. The fraction of sp³-hybridized carbons (Fsp3) is 0.120. The molecule has 0 radical (unpaired) electrons. The lowest BCUT2D eigenvalue weighted by molar-refractivity contribution is -0.123. The molecule has 1 aliphatic carbocycles. The van der Waals surface area contributed by atoms with Crippen molar-refractivity contribution >= 4 is 29.1 Å². The third kappa shape index (κ3) is 3.76. The lowest BCUT2D eigenvalue weighted by Gasteiger charge is -2.19. The van der Waals surface area contributed by atoms with Gasteiger partial charge in [-0.15, -0.1) is 0 Å². The lowest BCUT2D eigenvalue weighted by atomic mass is 9.84. The van der Waals surface area contributed by atoms with Gasteiger partial charge in [-0.1, -0.05) is 30.3 Å². The molecule has 2 N–H and O–H groups in total. The van der Waals surface area contributed by atoms with Gasteiger partial charge in [0.1, 0.15) is 5.75 Å². The molecule has 0 aromatic heterocycles. The van der Waals surface area contributed by atoms with E-state index in [9.17, 15) is 24.3 Å². The van der Waals surface area contributed by atoms with Crippen LogP contribution < -0.4 is 5.32 Å². The SMILES string of the molecule is Cc1ccc(C(=O)OC(C)C(=O)Nc2ccc3c(c2)C(=O)c2ccccc2C3=O)cc1O. The molecule has 32 heavy (non-hydrogen) atoms. The molecule has 7 heteroatoms. The zero-order valence-electron chi connectivity index (χ0n) is 17.3. The number of anilines is 1. The Morgan fingerprint density at radius 3 is 2.16 bits per heavy atom. The number of rotatable bonds is 4. The first-order valence-corrected chi connectivity index (χ1v) is 9.90. The molecule has 0 bridgehead atoms. The Morgan fingerprint density at radius 1 is 0.875 bits per heavy atom. The van der Waals surface area contributed by atoms with E-state index in [2.05, 4.69) is 5.32 Å². The molecule has 0 heterocycles. The van der Waals surface area contributed by atoms with Crippen molar-refractivity contribution in [3.05, 3.63) is 94.0 Å². The number of aryl methyl sites for hydroxylation is 1. The van der Waals surface area contributed by atoms with Gasteiger partial charge in [-0.05, 0) is 49.7 Å². The molecule has 1 atom stereocenters. The number of hydrogen-bond acceptors (Lipinski definition) is 6. The van der Waals surface area contributed by atoms with Gasteiger partial charge in [0.2, 0.25) is 0 Å². The summed E-state index contributed by atoms with van der Waals surface area (Å²) in [6, 6.07) is 15.4. The number of fused-ring (bicyclic) bond motifs is 2. The van der Waals surface area contributed by atoms with Crippen molar-refractivity contribution in [2.45, 2.75) is 20.0 Å². The summed E-state index contributed by atoms with van der Waals surface area (Å²) in [5.74, 6) is -1.97. The fourth-order valence-corrected chi connectivity index (χ4v) is 3.44. The summed E-state index contributed by atoms with van der Waals surface area (Å²) >= 11 is 0. The molecule has 7 nitrogen and oxygen atoms in total. The van der Waals surface area contributed by atoms with Gasteiger partial charge in [0.05, 0.1) is 5.56 Å². The molecule has 0 fully saturated rings. The van der Waals surface area contributed by atoms with Crippen LogP contribution in [0.5, 0.6) is 5.75 Å².